The van der Waals surface area contributed by atoms with Gasteiger partial charge in [0, 0.05) is 6.42 Å². The highest BCUT2D eigenvalue weighted by Gasteiger charge is 2.05. The summed E-state index contributed by atoms with van der Waals surface area (Å²) in [6.07, 6.45) is 0.769. The summed E-state index contributed by atoms with van der Waals surface area (Å²) in [5.74, 6) is -0.751. The minimum absolute atomic E-state index is 0.183. The smallest absolute Gasteiger partial charge is 0.303 e. The van der Waals surface area contributed by atoms with Gasteiger partial charge in [-0.2, -0.15) is 0 Å². The van der Waals surface area contributed by atoms with E-state index in [2.05, 4.69) is 44.2 Å². The van der Waals surface area contributed by atoms with Gasteiger partial charge in [-0.25, -0.2) is 0 Å². The summed E-state index contributed by atoms with van der Waals surface area (Å²) < 4.78 is 0. The Morgan fingerprint density at radius 2 is 1.58 bits per heavy atom. The third-order valence-corrected chi connectivity index (χ3v) is 3.35. The molecule has 0 saturated heterocycles. The summed E-state index contributed by atoms with van der Waals surface area (Å²) in [4.78, 5) is 10.6. The van der Waals surface area contributed by atoms with Crippen LogP contribution in [0.2, 0.25) is 0 Å². The summed E-state index contributed by atoms with van der Waals surface area (Å²) in [7, 11) is 0. The minimum Gasteiger partial charge on any atom is -0.481 e. The fourth-order valence-corrected chi connectivity index (χ4v) is 2.36. The number of hydrogen-bond acceptors (Lipinski definition) is 1. The molecule has 2 rings (SSSR count). The average molecular weight is 254 g/mol. The Labute approximate surface area is 113 Å². The quantitative estimate of drug-likeness (QED) is 0.895. The third-order valence-electron chi connectivity index (χ3n) is 3.35. The molecule has 2 heteroatoms. The van der Waals surface area contributed by atoms with Crippen molar-refractivity contribution in [2.75, 3.05) is 0 Å². The molecule has 0 spiro atoms. The maximum atomic E-state index is 10.6. The fraction of sp³-hybridized carbons (Fsp3) is 0.235. The van der Waals surface area contributed by atoms with Crippen molar-refractivity contribution in [1.82, 2.24) is 0 Å². The van der Waals surface area contributed by atoms with E-state index in [0.717, 1.165) is 5.56 Å². The Morgan fingerprint density at radius 1 is 1.00 bits per heavy atom. The molecule has 0 aromatic heterocycles. The normalized spacial score (nSPS) is 10.4. The van der Waals surface area contributed by atoms with Crippen LogP contribution in [0.3, 0.4) is 0 Å². The Morgan fingerprint density at radius 3 is 2.11 bits per heavy atom. The molecular formula is C17H18O2. The molecule has 2 aromatic rings. The van der Waals surface area contributed by atoms with Crippen LogP contribution in [0.4, 0.5) is 0 Å². The molecule has 1 N–H and O–H groups in total. The van der Waals surface area contributed by atoms with Gasteiger partial charge in [0.15, 0.2) is 0 Å². The molecule has 0 saturated carbocycles. The Balaban J connectivity index is 2.25. The van der Waals surface area contributed by atoms with Crippen molar-refractivity contribution in [3.8, 4) is 11.1 Å². The van der Waals surface area contributed by atoms with E-state index >= 15 is 0 Å². The molecule has 0 aliphatic rings. The van der Waals surface area contributed by atoms with Crippen LogP contribution in [0.5, 0.6) is 0 Å². The van der Waals surface area contributed by atoms with Gasteiger partial charge in [-0.05, 0) is 48.1 Å². The summed E-state index contributed by atoms with van der Waals surface area (Å²) >= 11 is 0. The number of rotatable bonds is 4. The van der Waals surface area contributed by atoms with Crippen LogP contribution in [-0.2, 0) is 11.2 Å². The van der Waals surface area contributed by atoms with Gasteiger partial charge in [-0.3, -0.25) is 4.79 Å². The summed E-state index contributed by atoms with van der Waals surface area (Å²) in [5.41, 5.74) is 6.05. The highest BCUT2D eigenvalue weighted by Crippen LogP contribution is 2.27. The Hall–Kier alpha value is -2.09. The van der Waals surface area contributed by atoms with E-state index < -0.39 is 5.97 Å². The van der Waals surface area contributed by atoms with Gasteiger partial charge in [-0.15, -0.1) is 0 Å². The zero-order valence-electron chi connectivity index (χ0n) is 11.3. The van der Waals surface area contributed by atoms with Gasteiger partial charge in [0.25, 0.3) is 0 Å². The molecule has 0 radical (unpaired) electrons. The van der Waals surface area contributed by atoms with Crippen molar-refractivity contribution in [2.45, 2.75) is 26.7 Å². The molecule has 0 unspecified atom stereocenters. The summed E-state index contributed by atoms with van der Waals surface area (Å²) in [6.45, 7) is 4.22. The SMILES string of the molecule is Cc1cccc(C)c1-c1ccc(CCC(=O)O)cc1. The van der Waals surface area contributed by atoms with Gasteiger partial charge in [-0.1, -0.05) is 42.5 Å². The van der Waals surface area contributed by atoms with E-state index in [1.807, 2.05) is 12.1 Å². The second kappa shape index (κ2) is 5.70. The van der Waals surface area contributed by atoms with Gasteiger partial charge in [0.1, 0.15) is 0 Å². The molecule has 0 amide bonds. The predicted molar refractivity (Wildman–Crippen MR) is 77.3 cm³/mol. The fourth-order valence-electron chi connectivity index (χ4n) is 2.36. The maximum absolute atomic E-state index is 10.6. The van der Waals surface area contributed by atoms with Crippen LogP contribution < -0.4 is 0 Å². The zero-order chi connectivity index (χ0) is 13.8. The molecule has 98 valence electrons. The first-order chi connectivity index (χ1) is 9.08. The molecular weight excluding hydrogens is 236 g/mol. The lowest BCUT2D eigenvalue weighted by Crippen LogP contribution is -1.97. The van der Waals surface area contributed by atoms with E-state index in [1.54, 1.807) is 0 Å². The van der Waals surface area contributed by atoms with Crippen LogP contribution in [-0.4, -0.2) is 11.1 Å². The molecule has 0 fully saturated rings. The minimum atomic E-state index is -0.751. The van der Waals surface area contributed by atoms with E-state index in [-0.39, 0.29) is 6.42 Å². The van der Waals surface area contributed by atoms with Gasteiger partial charge in [0.2, 0.25) is 0 Å². The highest BCUT2D eigenvalue weighted by atomic mass is 16.4. The van der Waals surface area contributed by atoms with Crippen LogP contribution in [0, 0.1) is 13.8 Å². The van der Waals surface area contributed by atoms with E-state index in [0.29, 0.717) is 6.42 Å². The monoisotopic (exact) mass is 254 g/mol. The molecule has 0 atom stereocenters. The largest absolute Gasteiger partial charge is 0.481 e. The van der Waals surface area contributed by atoms with Crippen molar-refractivity contribution >= 4 is 5.97 Å². The maximum Gasteiger partial charge on any atom is 0.303 e. The molecule has 0 bridgehead atoms. The van der Waals surface area contributed by atoms with Crippen LogP contribution in [0.25, 0.3) is 11.1 Å². The first-order valence-corrected chi connectivity index (χ1v) is 6.45. The number of benzene rings is 2. The van der Waals surface area contributed by atoms with E-state index in [1.165, 1.54) is 22.3 Å². The standard InChI is InChI=1S/C17H18O2/c1-12-4-3-5-13(2)17(12)15-9-6-14(7-10-15)8-11-16(18)19/h3-7,9-10H,8,11H2,1-2H3,(H,18,19). The van der Waals surface area contributed by atoms with Gasteiger partial charge < -0.3 is 5.11 Å². The van der Waals surface area contributed by atoms with Crippen LogP contribution >= 0.6 is 0 Å². The van der Waals surface area contributed by atoms with Crippen LogP contribution in [0.1, 0.15) is 23.1 Å². The lowest BCUT2D eigenvalue weighted by atomic mass is 9.95. The second-order valence-electron chi connectivity index (χ2n) is 4.86. The third kappa shape index (κ3) is 3.22. The summed E-state index contributed by atoms with van der Waals surface area (Å²) in [5, 5.41) is 8.68. The highest BCUT2D eigenvalue weighted by molar-refractivity contribution is 5.71. The molecule has 0 aliphatic heterocycles. The predicted octanol–water partition coefficient (Wildman–Crippen LogP) is 3.99. The first-order valence-electron chi connectivity index (χ1n) is 6.45. The Kier molecular flexibility index (Phi) is 4.00. The number of carboxylic acid groups (broad SMARTS) is 1. The van der Waals surface area contributed by atoms with Crippen LogP contribution in [0.15, 0.2) is 42.5 Å². The van der Waals surface area contributed by atoms with Crippen molar-refractivity contribution in [3.63, 3.8) is 0 Å². The molecule has 0 heterocycles. The van der Waals surface area contributed by atoms with Gasteiger partial charge in [0.05, 0.1) is 0 Å². The Bertz CT molecular complexity index is 562. The number of carbonyl (C=O) groups is 1. The summed E-state index contributed by atoms with van der Waals surface area (Å²) in [6, 6.07) is 14.5. The second-order valence-corrected chi connectivity index (χ2v) is 4.86. The first kappa shape index (κ1) is 13.3. The van der Waals surface area contributed by atoms with Crippen molar-refractivity contribution in [3.05, 3.63) is 59.2 Å². The molecule has 19 heavy (non-hydrogen) atoms. The molecule has 2 aromatic carbocycles. The van der Waals surface area contributed by atoms with Crippen molar-refractivity contribution in [2.24, 2.45) is 0 Å². The van der Waals surface area contributed by atoms with Crippen molar-refractivity contribution in [1.29, 1.82) is 0 Å². The van der Waals surface area contributed by atoms with E-state index in [9.17, 15) is 4.79 Å². The average Bonchev–Trinajstić information content (AvgIpc) is 2.37. The lowest BCUT2D eigenvalue weighted by molar-refractivity contribution is -0.136. The zero-order valence-corrected chi connectivity index (χ0v) is 11.3. The molecule has 2 nitrogen and oxygen atoms in total. The number of hydrogen-bond donors (Lipinski definition) is 1. The number of carboxylic acids is 1. The number of aliphatic carboxylic acids is 1. The van der Waals surface area contributed by atoms with Gasteiger partial charge >= 0.3 is 5.97 Å². The lowest BCUT2D eigenvalue weighted by Gasteiger charge is -2.10. The number of aryl methyl sites for hydroxylation is 3. The topological polar surface area (TPSA) is 37.3 Å². The van der Waals surface area contributed by atoms with Crippen molar-refractivity contribution < 1.29 is 9.90 Å². The van der Waals surface area contributed by atoms with E-state index in [4.69, 9.17) is 5.11 Å². The molecule has 0 aliphatic carbocycles.